The molecular formula is C31H37N5O5. The molecule has 0 fully saturated rings. The summed E-state index contributed by atoms with van der Waals surface area (Å²) in [6.07, 6.45) is 5.06. The van der Waals surface area contributed by atoms with E-state index in [0.29, 0.717) is 55.3 Å². The van der Waals surface area contributed by atoms with Crippen LogP contribution in [-0.4, -0.2) is 65.6 Å². The van der Waals surface area contributed by atoms with Crippen LogP contribution in [0.15, 0.2) is 54.9 Å². The van der Waals surface area contributed by atoms with Gasteiger partial charge in [-0.25, -0.2) is 9.97 Å². The number of rotatable bonds is 15. The van der Waals surface area contributed by atoms with Gasteiger partial charge in [0.15, 0.2) is 11.6 Å². The smallest absolute Gasteiger partial charge is 0.261 e. The normalized spacial score (nSPS) is 11.4. The zero-order valence-corrected chi connectivity index (χ0v) is 23.9. The van der Waals surface area contributed by atoms with Crippen molar-refractivity contribution in [2.24, 2.45) is 0 Å². The Morgan fingerprint density at radius 2 is 1.76 bits per heavy atom. The topological polar surface area (TPSA) is 131 Å². The maximum atomic E-state index is 13.2. The maximum Gasteiger partial charge on any atom is 0.261 e. The monoisotopic (exact) mass is 559 g/mol. The van der Waals surface area contributed by atoms with Crippen molar-refractivity contribution in [2.45, 2.75) is 52.0 Å². The van der Waals surface area contributed by atoms with Crippen LogP contribution in [0.25, 0.3) is 11.4 Å². The minimum Gasteiger partial charge on any atom is -0.490 e. The number of imide groups is 1. The Hall–Kier alpha value is -4.60. The number of nitrogens with one attached hydrogen (secondary N) is 2. The molecule has 2 aromatic carbocycles. The molecule has 3 rings (SSSR count). The molecule has 1 heterocycles. The van der Waals surface area contributed by atoms with Crippen molar-refractivity contribution in [1.82, 2.24) is 20.2 Å². The van der Waals surface area contributed by atoms with Gasteiger partial charge in [0.1, 0.15) is 12.3 Å². The first-order chi connectivity index (χ1) is 19.8. The first kappa shape index (κ1) is 30.9. The lowest BCUT2D eigenvalue weighted by Gasteiger charge is -2.26. The van der Waals surface area contributed by atoms with Crippen molar-refractivity contribution in [3.8, 4) is 17.1 Å². The highest BCUT2D eigenvalue weighted by atomic mass is 16.5. The number of amides is 3. The van der Waals surface area contributed by atoms with Crippen LogP contribution < -0.4 is 15.4 Å². The number of carbonyl (C=O) groups is 4. The third-order valence-corrected chi connectivity index (χ3v) is 6.72. The number of hydrogen-bond acceptors (Lipinski definition) is 8. The predicted octanol–water partition coefficient (Wildman–Crippen LogP) is 4.15. The molecule has 0 spiro atoms. The minimum atomic E-state index is -1.08. The second-order valence-corrected chi connectivity index (χ2v) is 9.82. The van der Waals surface area contributed by atoms with Gasteiger partial charge in [0, 0.05) is 36.8 Å². The molecule has 41 heavy (non-hydrogen) atoms. The van der Waals surface area contributed by atoms with Gasteiger partial charge in [-0.15, -0.1) is 0 Å². The predicted molar refractivity (Wildman–Crippen MR) is 157 cm³/mol. The highest BCUT2D eigenvalue weighted by Gasteiger charge is 2.30. The number of carbonyl (C=O) groups excluding carboxylic acids is 4. The quantitative estimate of drug-likeness (QED) is 0.210. The Balaban J connectivity index is 1.55. The van der Waals surface area contributed by atoms with Crippen molar-refractivity contribution in [3.05, 3.63) is 71.5 Å². The van der Waals surface area contributed by atoms with Crippen molar-refractivity contribution in [3.63, 3.8) is 0 Å². The van der Waals surface area contributed by atoms with E-state index in [2.05, 4.69) is 46.6 Å². The van der Waals surface area contributed by atoms with Crippen LogP contribution in [0, 0.1) is 6.92 Å². The Bertz CT molecular complexity index is 1330. The number of aromatic nitrogens is 2. The van der Waals surface area contributed by atoms with Crippen molar-refractivity contribution < 1.29 is 23.9 Å². The number of anilines is 1. The summed E-state index contributed by atoms with van der Waals surface area (Å²) in [5.74, 6) is 0.553. The van der Waals surface area contributed by atoms with Gasteiger partial charge in [0.2, 0.25) is 12.3 Å². The van der Waals surface area contributed by atoms with Crippen LogP contribution >= 0.6 is 0 Å². The molecule has 1 atom stereocenters. The van der Waals surface area contributed by atoms with E-state index in [1.165, 1.54) is 12.6 Å². The van der Waals surface area contributed by atoms with Crippen LogP contribution in [-0.2, 0) is 14.4 Å². The number of aldehydes is 1. The number of nitrogens with zero attached hydrogens (tertiary/aromatic N) is 3. The summed E-state index contributed by atoms with van der Waals surface area (Å²) in [6, 6.07) is 12.3. The molecule has 0 saturated heterocycles. The van der Waals surface area contributed by atoms with E-state index in [4.69, 9.17) is 4.74 Å². The van der Waals surface area contributed by atoms with Gasteiger partial charge in [-0.3, -0.25) is 19.3 Å². The Kier molecular flexibility index (Phi) is 11.5. The molecule has 0 radical (unpaired) electrons. The summed E-state index contributed by atoms with van der Waals surface area (Å²) >= 11 is 0. The summed E-state index contributed by atoms with van der Waals surface area (Å²) in [5.41, 5.74) is 3.86. The lowest BCUT2D eigenvalue weighted by Crippen LogP contribution is -2.48. The fourth-order valence-electron chi connectivity index (χ4n) is 4.29. The Morgan fingerprint density at radius 1 is 1.05 bits per heavy atom. The maximum absolute atomic E-state index is 13.2. The van der Waals surface area contributed by atoms with Crippen LogP contribution in [0.2, 0.25) is 0 Å². The van der Waals surface area contributed by atoms with Crippen molar-refractivity contribution >= 4 is 30.2 Å². The largest absolute Gasteiger partial charge is 0.490 e. The highest BCUT2D eigenvalue weighted by molar-refractivity contribution is 6.04. The standard InChI is InChI=1S/C31H37N5O5/c1-21(2)23-11-13-24(14-12-23)29-34-18-25(19-35-29)41-17-7-15-33-27-9-5-8-26(22(27)3)31(40)36(20-38)28(10-6-16-37)30(39)32-4/h5,8-9,11-14,16,18-21,28,33H,6-7,10,15,17H2,1-4H3,(H,32,39). The summed E-state index contributed by atoms with van der Waals surface area (Å²) in [4.78, 5) is 57.9. The third-order valence-electron chi connectivity index (χ3n) is 6.72. The molecule has 216 valence electrons. The van der Waals surface area contributed by atoms with Gasteiger partial charge < -0.3 is 20.2 Å². The number of ether oxygens (including phenoxy) is 1. The van der Waals surface area contributed by atoms with Crippen molar-refractivity contribution in [1.29, 1.82) is 0 Å². The summed E-state index contributed by atoms with van der Waals surface area (Å²) in [7, 11) is 1.41. The number of hydrogen-bond donors (Lipinski definition) is 2. The molecule has 10 nitrogen and oxygen atoms in total. The SMILES string of the molecule is CNC(=O)C(CCC=O)N(C=O)C(=O)c1cccc(NCCCOc2cnc(-c3ccc(C(C)C)cc3)nc2)c1C. The number of likely N-dealkylation sites (N-methyl/N-ethyl adjacent to an activating group) is 1. The summed E-state index contributed by atoms with van der Waals surface area (Å²) in [6.45, 7) is 7.07. The fraction of sp³-hybridized carbons (Fsp3) is 0.355. The van der Waals surface area contributed by atoms with Gasteiger partial charge >= 0.3 is 0 Å². The summed E-state index contributed by atoms with van der Waals surface area (Å²) < 4.78 is 5.79. The summed E-state index contributed by atoms with van der Waals surface area (Å²) in [5, 5.41) is 5.74. The van der Waals surface area contributed by atoms with Gasteiger partial charge in [0.05, 0.1) is 19.0 Å². The first-order valence-corrected chi connectivity index (χ1v) is 13.6. The molecule has 10 heteroatoms. The third kappa shape index (κ3) is 8.20. The number of benzene rings is 2. The van der Waals surface area contributed by atoms with Gasteiger partial charge in [-0.2, -0.15) is 0 Å². The Labute approximate surface area is 240 Å². The molecule has 1 aromatic heterocycles. The van der Waals surface area contributed by atoms with E-state index in [1.54, 1.807) is 31.5 Å². The van der Waals surface area contributed by atoms with E-state index in [-0.39, 0.29) is 18.4 Å². The van der Waals surface area contributed by atoms with Crippen LogP contribution in [0.1, 0.15) is 60.5 Å². The molecule has 0 aliphatic heterocycles. The van der Waals surface area contributed by atoms with E-state index in [9.17, 15) is 19.2 Å². The van der Waals surface area contributed by atoms with Gasteiger partial charge in [-0.05, 0) is 48.9 Å². The highest BCUT2D eigenvalue weighted by Crippen LogP contribution is 2.23. The zero-order valence-electron chi connectivity index (χ0n) is 23.9. The van der Waals surface area contributed by atoms with Crippen molar-refractivity contribution in [2.75, 3.05) is 25.5 Å². The van der Waals surface area contributed by atoms with Crippen LogP contribution in [0.3, 0.4) is 0 Å². The first-order valence-electron chi connectivity index (χ1n) is 13.6. The lowest BCUT2D eigenvalue weighted by atomic mass is 10.0. The van der Waals surface area contributed by atoms with E-state index < -0.39 is 17.9 Å². The molecule has 3 amide bonds. The average molecular weight is 560 g/mol. The van der Waals surface area contributed by atoms with Gasteiger partial charge in [0.25, 0.3) is 5.91 Å². The second-order valence-electron chi connectivity index (χ2n) is 9.82. The molecule has 2 N–H and O–H groups in total. The minimum absolute atomic E-state index is 0.0425. The molecule has 0 aliphatic carbocycles. The average Bonchev–Trinajstić information content (AvgIpc) is 2.99. The van der Waals surface area contributed by atoms with Gasteiger partial charge in [-0.1, -0.05) is 44.2 Å². The van der Waals surface area contributed by atoms with E-state index in [1.807, 2.05) is 18.2 Å². The molecule has 0 saturated carbocycles. The second kappa shape index (κ2) is 15.3. The lowest BCUT2D eigenvalue weighted by molar-refractivity contribution is -0.131. The fourth-order valence-corrected chi connectivity index (χ4v) is 4.29. The molecular weight excluding hydrogens is 522 g/mol. The molecule has 1 unspecified atom stereocenters. The molecule has 0 aliphatic rings. The van der Waals surface area contributed by atoms with Crippen LogP contribution in [0.5, 0.6) is 5.75 Å². The van der Waals surface area contributed by atoms with E-state index in [0.717, 1.165) is 16.2 Å². The Morgan fingerprint density at radius 3 is 2.37 bits per heavy atom. The molecule has 0 bridgehead atoms. The van der Waals surface area contributed by atoms with E-state index >= 15 is 0 Å². The molecule has 3 aromatic rings. The van der Waals surface area contributed by atoms with Crippen LogP contribution in [0.4, 0.5) is 5.69 Å². The zero-order chi connectivity index (χ0) is 29.8.